The van der Waals surface area contributed by atoms with Gasteiger partial charge in [0.1, 0.15) is 5.69 Å². The fraction of sp³-hybridized carbons (Fsp3) is 0.667. The van der Waals surface area contributed by atoms with Crippen molar-refractivity contribution in [3.8, 4) is 0 Å². The van der Waals surface area contributed by atoms with Gasteiger partial charge in [0.2, 0.25) is 0 Å². The van der Waals surface area contributed by atoms with Crippen molar-refractivity contribution in [3.63, 3.8) is 0 Å². The van der Waals surface area contributed by atoms with Crippen LogP contribution in [-0.4, -0.2) is 66.6 Å². The van der Waals surface area contributed by atoms with Gasteiger partial charge in [-0.25, -0.2) is 0 Å². The number of aromatic nitrogens is 1. The van der Waals surface area contributed by atoms with Crippen molar-refractivity contribution < 1.29 is 4.79 Å². The molecule has 5 heteroatoms. The molecule has 0 bridgehead atoms. The average Bonchev–Trinajstić information content (AvgIpc) is 2.93. The molecule has 1 aromatic heterocycles. The molecule has 0 saturated carbocycles. The molecule has 5 nitrogen and oxygen atoms in total. The van der Waals surface area contributed by atoms with Gasteiger partial charge in [-0.05, 0) is 18.6 Å². The third kappa shape index (κ3) is 3.84. The van der Waals surface area contributed by atoms with Crippen molar-refractivity contribution >= 4 is 5.91 Å². The van der Waals surface area contributed by atoms with E-state index >= 15 is 0 Å². The maximum absolute atomic E-state index is 12.4. The summed E-state index contributed by atoms with van der Waals surface area (Å²) >= 11 is 0. The maximum Gasteiger partial charge on any atom is 0.270 e. The molecule has 1 saturated heterocycles. The van der Waals surface area contributed by atoms with Crippen LogP contribution in [0.2, 0.25) is 0 Å². The fourth-order valence-corrected chi connectivity index (χ4v) is 2.57. The molecule has 1 aromatic rings. The van der Waals surface area contributed by atoms with Gasteiger partial charge in [-0.3, -0.25) is 9.69 Å². The minimum Gasteiger partial charge on any atom is -0.344 e. The van der Waals surface area contributed by atoms with Crippen molar-refractivity contribution in [1.82, 2.24) is 19.7 Å². The number of nitrogens with one attached hydrogen (secondary N) is 1. The van der Waals surface area contributed by atoms with E-state index in [1.807, 2.05) is 34.8 Å². The van der Waals surface area contributed by atoms with Crippen molar-refractivity contribution in [1.29, 1.82) is 0 Å². The molecule has 0 aliphatic carbocycles. The van der Waals surface area contributed by atoms with Gasteiger partial charge in [-0.15, -0.1) is 0 Å². The standard InChI is InChI=1S/C15H26N4O/c1-3-8-19-9-4-5-14(19)15(20)17(2)12-13-18-10-6-16-7-11-18/h4-5,9,16H,3,6-8,10-13H2,1-2H3. The van der Waals surface area contributed by atoms with E-state index in [0.717, 1.165) is 57.9 Å². The fourth-order valence-electron chi connectivity index (χ4n) is 2.57. The lowest BCUT2D eigenvalue weighted by Crippen LogP contribution is -2.46. The van der Waals surface area contributed by atoms with E-state index in [2.05, 4.69) is 17.1 Å². The first kappa shape index (κ1) is 15.1. The Morgan fingerprint density at radius 1 is 1.35 bits per heavy atom. The van der Waals surface area contributed by atoms with Crippen molar-refractivity contribution in [3.05, 3.63) is 24.0 Å². The van der Waals surface area contributed by atoms with E-state index in [-0.39, 0.29) is 5.91 Å². The second kappa shape index (κ2) is 7.45. The van der Waals surface area contributed by atoms with Gasteiger partial charge < -0.3 is 14.8 Å². The van der Waals surface area contributed by atoms with Gasteiger partial charge >= 0.3 is 0 Å². The minimum absolute atomic E-state index is 0.124. The van der Waals surface area contributed by atoms with Crippen LogP contribution in [0.15, 0.2) is 18.3 Å². The zero-order valence-corrected chi connectivity index (χ0v) is 12.6. The van der Waals surface area contributed by atoms with Gasteiger partial charge in [0.15, 0.2) is 0 Å². The van der Waals surface area contributed by atoms with Gasteiger partial charge in [0.25, 0.3) is 5.91 Å². The lowest BCUT2D eigenvalue weighted by molar-refractivity contribution is 0.0764. The highest BCUT2D eigenvalue weighted by atomic mass is 16.2. The number of hydrogen-bond donors (Lipinski definition) is 1. The lowest BCUT2D eigenvalue weighted by atomic mass is 10.3. The molecule has 2 heterocycles. The number of hydrogen-bond acceptors (Lipinski definition) is 3. The Morgan fingerprint density at radius 3 is 2.80 bits per heavy atom. The molecule has 1 aliphatic rings. The highest BCUT2D eigenvalue weighted by Crippen LogP contribution is 2.07. The van der Waals surface area contributed by atoms with E-state index in [1.54, 1.807) is 0 Å². The van der Waals surface area contributed by atoms with Gasteiger partial charge in [-0.2, -0.15) is 0 Å². The molecule has 0 aromatic carbocycles. The van der Waals surface area contributed by atoms with Crippen LogP contribution >= 0.6 is 0 Å². The molecular formula is C15H26N4O. The quantitative estimate of drug-likeness (QED) is 0.839. The van der Waals surface area contributed by atoms with Crippen LogP contribution in [0, 0.1) is 0 Å². The second-order valence-electron chi connectivity index (χ2n) is 5.41. The SMILES string of the molecule is CCCn1cccc1C(=O)N(C)CCN1CCNCC1. The number of nitrogens with zero attached hydrogens (tertiary/aromatic N) is 3. The molecule has 112 valence electrons. The summed E-state index contributed by atoms with van der Waals surface area (Å²) in [5.41, 5.74) is 0.801. The van der Waals surface area contributed by atoms with Crippen molar-refractivity contribution in [2.75, 3.05) is 46.3 Å². The zero-order valence-electron chi connectivity index (χ0n) is 12.6. The predicted molar refractivity (Wildman–Crippen MR) is 81.0 cm³/mol. The summed E-state index contributed by atoms with van der Waals surface area (Å²) in [5.74, 6) is 0.124. The Bertz CT molecular complexity index is 423. The average molecular weight is 278 g/mol. The maximum atomic E-state index is 12.4. The third-order valence-corrected chi connectivity index (χ3v) is 3.82. The molecule has 0 atom stereocenters. The molecule has 1 amide bonds. The largest absolute Gasteiger partial charge is 0.344 e. The number of likely N-dealkylation sites (N-methyl/N-ethyl adjacent to an activating group) is 1. The Balaban J connectivity index is 1.86. The molecule has 20 heavy (non-hydrogen) atoms. The molecular weight excluding hydrogens is 252 g/mol. The Hall–Kier alpha value is -1.33. The number of aryl methyl sites for hydroxylation is 1. The highest BCUT2D eigenvalue weighted by molar-refractivity contribution is 5.92. The van der Waals surface area contributed by atoms with Crippen LogP contribution in [0.25, 0.3) is 0 Å². The topological polar surface area (TPSA) is 40.5 Å². The smallest absolute Gasteiger partial charge is 0.270 e. The van der Waals surface area contributed by atoms with E-state index in [4.69, 9.17) is 0 Å². The summed E-state index contributed by atoms with van der Waals surface area (Å²) < 4.78 is 2.05. The highest BCUT2D eigenvalue weighted by Gasteiger charge is 2.17. The van der Waals surface area contributed by atoms with Crippen molar-refractivity contribution in [2.45, 2.75) is 19.9 Å². The Morgan fingerprint density at radius 2 is 2.10 bits per heavy atom. The summed E-state index contributed by atoms with van der Waals surface area (Å²) in [5, 5.41) is 3.34. The molecule has 1 N–H and O–H groups in total. The zero-order chi connectivity index (χ0) is 14.4. The lowest BCUT2D eigenvalue weighted by Gasteiger charge is -2.29. The minimum atomic E-state index is 0.124. The Labute approximate surface area is 121 Å². The predicted octanol–water partition coefficient (Wildman–Crippen LogP) is 0.875. The number of piperazine rings is 1. The molecule has 0 unspecified atom stereocenters. The summed E-state index contributed by atoms with van der Waals surface area (Å²) in [6.07, 6.45) is 3.03. The third-order valence-electron chi connectivity index (χ3n) is 3.82. The number of carbonyl (C=O) groups is 1. The van der Waals surface area contributed by atoms with Crippen LogP contribution in [0.5, 0.6) is 0 Å². The number of amides is 1. The van der Waals surface area contributed by atoms with Gasteiger partial charge in [0, 0.05) is 59.1 Å². The van der Waals surface area contributed by atoms with Crippen LogP contribution in [0.3, 0.4) is 0 Å². The van der Waals surface area contributed by atoms with E-state index < -0.39 is 0 Å². The normalized spacial score (nSPS) is 16.3. The molecule has 0 spiro atoms. The number of carbonyl (C=O) groups excluding carboxylic acids is 1. The summed E-state index contributed by atoms with van der Waals surface area (Å²) in [7, 11) is 1.90. The van der Waals surface area contributed by atoms with Crippen molar-refractivity contribution in [2.24, 2.45) is 0 Å². The first-order valence-electron chi connectivity index (χ1n) is 7.56. The van der Waals surface area contributed by atoms with Crippen LogP contribution in [0.4, 0.5) is 0 Å². The van der Waals surface area contributed by atoms with E-state index in [9.17, 15) is 4.79 Å². The first-order chi connectivity index (χ1) is 9.72. The van der Waals surface area contributed by atoms with Crippen LogP contribution < -0.4 is 5.32 Å². The summed E-state index contributed by atoms with van der Waals surface area (Å²) in [4.78, 5) is 16.7. The van der Waals surface area contributed by atoms with E-state index in [0.29, 0.717) is 0 Å². The number of rotatable bonds is 6. The molecule has 1 fully saturated rings. The van der Waals surface area contributed by atoms with Gasteiger partial charge in [-0.1, -0.05) is 6.92 Å². The van der Waals surface area contributed by atoms with Crippen LogP contribution in [0.1, 0.15) is 23.8 Å². The first-order valence-corrected chi connectivity index (χ1v) is 7.56. The molecule has 1 aliphatic heterocycles. The monoisotopic (exact) mass is 278 g/mol. The molecule has 2 rings (SSSR count). The van der Waals surface area contributed by atoms with E-state index in [1.165, 1.54) is 0 Å². The Kier molecular flexibility index (Phi) is 5.61. The molecule has 0 radical (unpaired) electrons. The van der Waals surface area contributed by atoms with Crippen LogP contribution in [-0.2, 0) is 6.54 Å². The summed E-state index contributed by atoms with van der Waals surface area (Å²) in [6, 6.07) is 3.87. The second-order valence-corrected chi connectivity index (χ2v) is 5.41. The van der Waals surface area contributed by atoms with Gasteiger partial charge in [0.05, 0.1) is 0 Å². The summed E-state index contributed by atoms with van der Waals surface area (Å²) in [6.45, 7) is 9.03.